The monoisotopic (exact) mass is 517 g/mol. The van der Waals surface area contributed by atoms with Crippen molar-refractivity contribution in [1.82, 2.24) is 0 Å². The Bertz CT molecular complexity index is 1080. The van der Waals surface area contributed by atoms with Crippen molar-refractivity contribution in [3.05, 3.63) is 58.6 Å². The summed E-state index contributed by atoms with van der Waals surface area (Å²) in [6, 6.07) is 6.76. The van der Waals surface area contributed by atoms with E-state index < -0.39 is 32.3 Å². The molecule has 0 spiro atoms. The number of methoxy groups -OCH3 is 1. The number of hydrogen-bond donors (Lipinski definition) is 1. The van der Waals surface area contributed by atoms with Gasteiger partial charge in [-0.15, -0.1) is 0 Å². The Morgan fingerprint density at radius 3 is 2.41 bits per heavy atom. The van der Waals surface area contributed by atoms with Crippen LogP contribution in [0.3, 0.4) is 0 Å². The fourth-order valence-electron chi connectivity index (χ4n) is 3.28. The van der Waals surface area contributed by atoms with E-state index in [-0.39, 0.29) is 34.0 Å². The maximum atomic E-state index is 14.5. The topological polar surface area (TPSA) is 81.7 Å². The van der Waals surface area contributed by atoms with E-state index in [0.29, 0.717) is 26.1 Å². The number of hydrogen-bond acceptors (Lipinski definition) is 5. The van der Waals surface area contributed by atoms with Gasteiger partial charge in [0.2, 0.25) is 0 Å². The van der Waals surface area contributed by atoms with Crippen LogP contribution in [0.4, 0.5) is 14.5 Å². The molecule has 0 heterocycles. The molecule has 0 aliphatic carbocycles. The molecule has 0 bridgehead atoms. The Morgan fingerprint density at radius 2 is 1.79 bits per heavy atom. The lowest BCUT2D eigenvalue weighted by Crippen LogP contribution is -2.21. The zero-order valence-electron chi connectivity index (χ0n) is 19.4. The molecular weight excluding hydrogens is 488 g/mol. The van der Waals surface area contributed by atoms with Crippen molar-refractivity contribution in [2.45, 2.75) is 44.1 Å². The number of carbonyl (C=O) groups is 1. The molecule has 6 nitrogen and oxygen atoms in total. The molecule has 2 unspecified atom stereocenters. The van der Waals surface area contributed by atoms with E-state index in [4.69, 9.17) is 21.1 Å². The number of amides is 1. The minimum atomic E-state index is -4.01. The number of ether oxygens (including phenoxy) is 2. The zero-order valence-corrected chi connectivity index (χ0v) is 21.0. The molecule has 2 atom stereocenters. The van der Waals surface area contributed by atoms with Gasteiger partial charge in [0.25, 0.3) is 5.91 Å². The Balaban J connectivity index is 2.09. The van der Waals surface area contributed by atoms with Crippen LogP contribution in [0.5, 0.6) is 0 Å². The molecule has 0 aliphatic rings. The highest BCUT2D eigenvalue weighted by atomic mass is 35.5. The Hall–Kier alpha value is -2.07. The van der Waals surface area contributed by atoms with E-state index in [1.165, 1.54) is 18.2 Å². The summed E-state index contributed by atoms with van der Waals surface area (Å²) < 4.78 is 64.6. The van der Waals surface area contributed by atoms with E-state index in [1.807, 2.05) is 13.8 Å². The average molecular weight is 518 g/mol. The molecule has 2 aromatic rings. The van der Waals surface area contributed by atoms with Crippen LogP contribution in [0.2, 0.25) is 5.02 Å². The van der Waals surface area contributed by atoms with Crippen LogP contribution in [0.1, 0.15) is 43.5 Å². The number of nitrogens with one attached hydrogen (secondary N) is 1. The fraction of sp³-hybridized carbons (Fsp3) is 0.458. The van der Waals surface area contributed by atoms with E-state index in [0.717, 1.165) is 24.6 Å². The van der Waals surface area contributed by atoms with Crippen LogP contribution >= 0.6 is 11.6 Å². The second-order valence-electron chi connectivity index (χ2n) is 7.91. The van der Waals surface area contributed by atoms with Crippen molar-refractivity contribution in [1.29, 1.82) is 0 Å². The van der Waals surface area contributed by atoms with Crippen molar-refractivity contribution >= 4 is 33.0 Å². The van der Waals surface area contributed by atoms with Gasteiger partial charge in [0, 0.05) is 25.0 Å². The van der Waals surface area contributed by atoms with Crippen molar-refractivity contribution in [3.63, 3.8) is 0 Å². The molecule has 0 radical (unpaired) electrons. The van der Waals surface area contributed by atoms with Gasteiger partial charge in [-0.3, -0.25) is 4.79 Å². The van der Waals surface area contributed by atoms with E-state index in [9.17, 15) is 22.0 Å². The summed E-state index contributed by atoms with van der Waals surface area (Å²) in [5, 5.41) is 2.32. The molecule has 0 saturated heterocycles. The first-order chi connectivity index (χ1) is 16.1. The van der Waals surface area contributed by atoms with Gasteiger partial charge in [0.05, 0.1) is 23.5 Å². The number of benzene rings is 2. The number of halogens is 3. The Morgan fingerprint density at radius 1 is 1.09 bits per heavy atom. The third kappa shape index (κ3) is 8.01. The summed E-state index contributed by atoms with van der Waals surface area (Å²) in [5.74, 6) is -2.77. The summed E-state index contributed by atoms with van der Waals surface area (Å²) in [4.78, 5) is 12.0. The van der Waals surface area contributed by atoms with Crippen LogP contribution in [0.15, 0.2) is 41.3 Å². The highest BCUT2D eigenvalue weighted by Gasteiger charge is 2.25. The molecule has 188 valence electrons. The van der Waals surface area contributed by atoms with Crippen molar-refractivity contribution in [2.75, 3.05) is 31.4 Å². The second-order valence-corrected chi connectivity index (χ2v) is 10.3. The van der Waals surface area contributed by atoms with Gasteiger partial charge < -0.3 is 14.8 Å². The first-order valence-corrected chi connectivity index (χ1v) is 13.0. The molecule has 1 N–H and O–H groups in total. The molecule has 2 aromatic carbocycles. The lowest BCUT2D eigenvalue weighted by molar-refractivity contribution is 0.00374. The third-order valence-corrected chi connectivity index (χ3v) is 7.68. The van der Waals surface area contributed by atoms with Crippen LogP contribution in [0, 0.1) is 17.6 Å². The van der Waals surface area contributed by atoms with E-state index >= 15 is 0 Å². The van der Waals surface area contributed by atoms with Gasteiger partial charge in [-0.25, -0.2) is 17.2 Å². The van der Waals surface area contributed by atoms with Gasteiger partial charge in [-0.2, -0.15) is 0 Å². The second kappa shape index (κ2) is 13.1. The predicted molar refractivity (Wildman–Crippen MR) is 128 cm³/mol. The van der Waals surface area contributed by atoms with Crippen LogP contribution < -0.4 is 5.32 Å². The molecule has 0 fully saturated rings. The summed E-state index contributed by atoms with van der Waals surface area (Å²) in [7, 11) is -2.40. The quantitative estimate of drug-likeness (QED) is 0.355. The molecule has 0 saturated carbocycles. The standard InChI is InChI=1S/C24H30ClF2NO5S/c1-4-16(10-11-33-14-19(5-2)32-3)15-34(30,31)23-12-17(6-8-22(23)27)24(29)28-18-7-9-21(26)20(25)13-18/h6-9,12-13,16,19H,4-5,10-11,14-15H2,1-3H3,(H,28,29). The van der Waals surface area contributed by atoms with E-state index in [1.54, 1.807) is 7.11 Å². The third-order valence-electron chi connectivity index (χ3n) is 5.50. The molecule has 1 amide bonds. The van der Waals surface area contributed by atoms with Crippen LogP contribution in [0.25, 0.3) is 0 Å². The van der Waals surface area contributed by atoms with Crippen molar-refractivity contribution < 1.29 is 31.5 Å². The summed E-state index contributed by atoms with van der Waals surface area (Å²) in [5.41, 5.74) is 0.164. The smallest absolute Gasteiger partial charge is 0.255 e. The van der Waals surface area contributed by atoms with Crippen LogP contribution in [-0.4, -0.2) is 46.5 Å². The van der Waals surface area contributed by atoms with Crippen molar-refractivity contribution in [2.24, 2.45) is 5.92 Å². The van der Waals surface area contributed by atoms with E-state index in [2.05, 4.69) is 5.32 Å². The summed E-state index contributed by atoms with van der Waals surface area (Å²) in [6.45, 7) is 4.62. The Labute approximate surface area is 204 Å². The SMILES string of the molecule is CCC(CCOCC(CC)OC)CS(=O)(=O)c1cc(C(=O)Nc2ccc(F)c(Cl)c2)ccc1F. The highest BCUT2D eigenvalue weighted by molar-refractivity contribution is 7.91. The Kier molecular flexibility index (Phi) is 10.9. The molecule has 2 rings (SSSR count). The fourth-order valence-corrected chi connectivity index (χ4v) is 5.34. The maximum absolute atomic E-state index is 14.5. The number of carbonyl (C=O) groups excluding carboxylic acids is 1. The van der Waals surface area contributed by atoms with Gasteiger partial charge in [0.15, 0.2) is 9.84 Å². The molecular formula is C24H30ClF2NO5S. The van der Waals surface area contributed by atoms with Crippen molar-refractivity contribution in [3.8, 4) is 0 Å². The van der Waals surface area contributed by atoms with Gasteiger partial charge >= 0.3 is 0 Å². The lowest BCUT2D eigenvalue weighted by Gasteiger charge is -2.17. The number of sulfone groups is 1. The largest absolute Gasteiger partial charge is 0.379 e. The summed E-state index contributed by atoms with van der Waals surface area (Å²) in [6.07, 6.45) is 1.84. The molecule has 0 aliphatic heterocycles. The van der Waals surface area contributed by atoms with Crippen LogP contribution in [-0.2, 0) is 19.3 Å². The molecule has 10 heteroatoms. The average Bonchev–Trinajstić information content (AvgIpc) is 2.80. The lowest BCUT2D eigenvalue weighted by atomic mass is 10.1. The first kappa shape index (κ1) is 28.2. The number of rotatable bonds is 13. The maximum Gasteiger partial charge on any atom is 0.255 e. The van der Waals surface area contributed by atoms with Gasteiger partial charge in [-0.05, 0) is 55.2 Å². The first-order valence-electron chi connectivity index (χ1n) is 11.0. The zero-order chi connectivity index (χ0) is 25.3. The molecule has 34 heavy (non-hydrogen) atoms. The number of anilines is 1. The normalized spacial score (nSPS) is 13.5. The molecule has 0 aromatic heterocycles. The minimum Gasteiger partial charge on any atom is -0.379 e. The highest BCUT2D eigenvalue weighted by Crippen LogP contribution is 2.24. The minimum absolute atomic E-state index is 0.0160. The predicted octanol–water partition coefficient (Wildman–Crippen LogP) is 5.50. The van der Waals surface area contributed by atoms with Gasteiger partial charge in [-0.1, -0.05) is 31.9 Å². The van der Waals surface area contributed by atoms with Gasteiger partial charge in [0.1, 0.15) is 16.5 Å². The summed E-state index contributed by atoms with van der Waals surface area (Å²) >= 11 is 5.72.